The molecule has 128 valence electrons. The number of para-hydroxylation sites is 1. The lowest BCUT2D eigenvalue weighted by Crippen LogP contribution is -2.34. The molecule has 0 amide bonds. The highest BCUT2D eigenvalue weighted by atomic mass is 16.5. The van der Waals surface area contributed by atoms with Gasteiger partial charge in [-0.25, -0.2) is 4.79 Å². The molecule has 0 N–H and O–H groups in total. The van der Waals surface area contributed by atoms with Crippen LogP contribution in [0.3, 0.4) is 0 Å². The highest BCUT2D eigenvalue weighted by Gasteiger charge is 2.38. The SMILES string of the molecule is COC(=O)C1=C(OC(C)=O)c2ccccc2N(C)C1c1ccccc1. The molecular formula is C20H19NO4. The Morgan fingerprint density at radius 3 is 2.28 bits per heavy atom. The number of fused-ring (bicyclic) bond motifs is 1. The van der Waals surface area contributed by atoms with Crippen LogP contribution in [0.1, 0.15) is 24.1 Å². The monoisotopic (exact) mass is 337 g/mol. The van der Waals surface area contributed by atoms with Crippen LogP contribution in [0, 0.1) is 0 Å². The van der Waals surface area contributed by atoms with Crippen LogP contribution in [0.5, 0.6) is 0 Å². The van der Waals surface area contributed by atoms with Crippen molar-refractivity contribution in [3.63, 3.8) is 0 Å². The topological polar surface area (TPSA) is 55.8 Å². The van der Waals surface area contributed by atoms with Crippen molar-refractivity contribution >= 4 is 23.4 Å². The highest BCUT2D eigenvalue weighted by molar-refractivity contribution is 6.03. The van der Waals surface area contributed by atoms with Crippen LogP contribution in [-0.2, 0) is 19.1 Å². The lowest BCUT2D eigenvalue weighted by molar-refractivity contribution is -0.136. The number of nitrogens with zero attached hydrogens (tertiary/aromatic N) is 1. The summed E-state index contributed by atoms with van der Waals surface area (Å²) in [6, 6.07) is 16.7. The molecule has 0 saturated carbocycles. The molecule has 2 aromatic rings. The van der Waals surface area contributed by atoms with Crippen LogP contribution < -0.4 is 4.90 Å². The Kier molecular flexibility index (Phi) is 4.57. The maximum atomic E-state index is 12.6. The molecule has 1 heterocycles. The molecule has 1 unspecified atom stereocenters. The van der Waals surface area contributed by atoms with E-state index in [0.717, 1.165) is 11.3 Å². The van der Waals surface area contributed by atoms with Crippen LogP contribution >= 0.6 is 0 Å². The lowest BCUT2D eigenvalue weighted by Gasteiger charge is -2.37. The van der Waals surface area contributed by atoms with Crippen molar-refractivity contribution in [1.82, 2.24) is 0 Å². The molecule has 0 spiro atoms. The number of hydrogen-bond donors (Lipinski definition) is 0. The molecule has 0 aliphatic carbocycles. The number of esters is 2. The number of likely N-dealkylation sites (N-methyl/N-ethyl adjacent to an activating group) is 1. The Morgan fingerprint density at radius 2 is 1.64 bits per heavy atom. The van der Waals surface area contributed by atoms with Gasteiger partial charge in [-0.15, -0.1) is 0 Å². The molecule has 5 nitrogen and oxygen atoms in total. The Morgan fingerprint density at radius 1 is 1.00 bits per heavy atom. The fraction of sp³-hybridized carbons (Fsp3) is 0.200. The minimum atomic E-state index is -0.522. The van der Waals surface area contributed by atoms with E-state index in [-0.39, 0.29) is 5.76 Å². The fourth-order valence-corrected chi connectivity index (χ4v) is 3.17. The molecule has 0 fully saturated rings. The van der Waals surface area contributed by atoms with E-state index in [0.29, 0.717) is 11.1 Å². The number of carbonyl (C=O) groups excluding carboxylic acids is 2. The summed E-state index contributed by atoms with van der Waals surface area (Å²) < 4.78 is 10.5. The summed E-state index contributed by atoms with van der Waals surface area (Å²) in [5.74, 6) is -0.754. The number of methoxy groups -OCH3 is 1. The standard InChI is InChI=1S/C20H19NO4/c1-13(22)25-19-15-11-7-8-12-16(15)21(2)18(17(19)20(23)24-3)14-9-5-4-6-10-14/h4-12,18H,1-3H3. The first kappa shape index (κ1) is 16.8. The number of rotatable bonds is 3. The van der Waals surface area contributed by atoms with Gasteiger partial charge in [0.05, 0.1) is 13.2 Å². The Labute approximate surface area is 146 Å². The fourth-order valence-electron chi connectivity index (χ4n) is 3.17. The van der Waals surface area contributed by atoms with E-state index in [2.05, 4.69) is 0 Å². The second-order valence-corrected chi connectivity index (χ2v) is 5.77. The molecule has 0 saturated heterocycles. The van der Waals surface area contributed by atoms with Gasteiger partial charge in [-0.2, -0.15) is 0 Å². The van der Waals surface area contributed by atoms with Crippen molar-refractivity contribution < 1.29 is 19.1 Å². The smallest absolute Gasteiger partial charge is 0.340 e. The zero-order valence-corrected chi connectivity index (χ0v) is 14.4. The Bertz CT molecular complexity index is 842. The number of anilines is 1. The van der Waals surface area contributed by atoms with E-state index in [9.17, 15) is 9.59 Å². The van der Waals surface area contributed by atoms with Gasteiger partial charge in [-0.1, -0.05) is 42.5 Å². The second kappa shape index (κ2) is 6.81. The van der Waals surface area contributed by atoms with Gasteiger partial charge in [-0.05, 0) is 17.7 Å². The van der Waals surface area contributed by atoms with E-state index in [1.54, 1.807) is 0 Å². The van der Waals surface area contributed by atoms with Gasteiger partial charge in [0.2, 0.25) is 0 Å². The maximum Gasteiger partial charge on any atom is 0.340 e. The quantitative estimate of drug-likeness (QED) is 0.804. The molecular weight excluding hydrogens is 318 g/mol. The van der Waals surface area contributed by atoms with E-state index in [1.807, 2.05) is 66.5 Å². The van der Waals surface area contributed by atoms with Crippen molar-refractivity contribution in [2.45, 2.75) is 13.0 Å². The highest BCUT2D eigenvalue weighted by Crippen LogP contribution is 2.44. The minimum Gasteiger partial charge on any atom is -0.465 e. The van der Waals surface area contributed by atoms with Crippen molar-refractivity contribution in [3.05, 3.63) is 71.3 Å². The summed E-state index contributed by atoms with van der Waals surface area (Å²) in [6.45, 7) is 1.32. The van der Waals surface area contributed by atoms with Crippen LogP contribution in [0.4, 0.5) is 5.69 Å². The summed E-state index contributed by atoms with van der Waals surface area (Å²) in [5.41, 5.74) is 2.78. The van der Waals surface area contributed by atoms with Crippen LogP contribution in [0.2, 0.25) is 0 Å². The van der Waals surface area contributed by atoms with Gasteiger partial charge in [0.15, 0.2) is 5.76 Å². The normalized spacial score (nSPS) is 16.3. The lowest BCUT2D eigenvalue weighted by atomic mass is 9.89. The number of benzene rings is 2. The Hall–Kier alpha value is -3.08. The van der Waals surface area contributed by atoms with Gasteiger partial charge in [0.25, 0.3) is 0 Å². The molecule has 0 bridgehead atoms. The van der Waals surface area contributed by atoms with Crippen LogP contribution in [-0.4, -0.2) is 26.1 Å². The number of hydrogen-bond acceptors (Lipinski definition) is 5. The third-order valence-electron chi connectivity index (χ3n) is 4.20. The average molecular weight is 337 g/mol. The summed E-state index contributed by atoms with van der Waals surface area (Å²) in [6.07, 6.45) is 0. The first-order valence-corrected chi connectivity index (χ1v) is 7.92. The molecule has 2 aromatic carbocycles. The minimum absolute atomic E-state index is 0.252. The summed E-state index contributed by atoms with van der Waals surface area (Å²) in [4.78, 5) is 26.3. The molecule has 5 heteroatoms. The molecule has 1 atom stereocenters. The van der Waals surface area contributed by atoms with Crippen LogP contribution in [0.25, 0.3) is 5.76 Å². The first-order valence-electron chi connectivity index (χ1n) is 7.92. The van der Waals surface area contributed by atoms with Crippen molar-refractivity contribution in [1.29, 1.82) is 0 Å². The maximum absolute atomic E-state index is 12.6. The molecule has 0 aromatic heterocycles. The predicted molar refractivity (Wildman–Crippen MR) is 94.7 cm³/mol. The van der Waals surface area contributed by atoms with Crippen LogP contribution in [0.15, 0.2) is 60.2 Å². The second-order valence-electron chi connectivity index (χ2n) is 5.77. The van der Waals surface area contributed by atoms with Gasteiger partial charge in [0.1, 0.15) is 5.57 Å². The van der Waals surface area contributed by atoms with Gasteiger partial charge < -0.3 is 14.4 Å². The summed E-state index contributed by atoms with van der Waals surface area (Å²) in [5, 5.41) is 0. The predicted octanol–water partition coefficient (Wildman–Crippen LogP) is 3.32. The molecule has 3 rings (SSSR count). The zero-order chi connectivity index (χ0) is 18.0. The largest absolute Gasteiger partial charge is 0.465 e. The Balaban J connectivity index is 2.30. The van der Waals surface area contributed by atoms with E-state index in [1.165, 1.54) is 14.0 Å². The molecule has 0 radical (unpaired) electrons. The van der Waals surface area contributed by atoms with E-state index < -0.39 is 18.0 Å². The van der Waals surface area contributed by atoms with Gasteiger partial charge in [-0.3, -0.25) is 4.79 Å². The average Bonchev–Trinajstić information content (AvgIpc) is 2.63. The zero-order valence-electron chi connectivity index (χ0n) is 14.4. The van der Waals surface area contributed by atoms with Crippen molar-refractivity contribution in [2.75, 3.05) is 19.1 Å². The third-order valence-corrected chi connectivity index (χ3v) is 4.20. The van der Waals surface area contributed by atoms with Crippen molar-refractivity contribution in [2.24, 2.45) is 0 Å². The number of ether oxygens (including phenoxy) is 2. The van der Waals surface area contributed by atoms with Gasteiger partial charge in [0, 0.05) is 25.2 Å². The van der Waals surface area contributed by atoms with Gasteiger partial charge >= 0.3 is 11.9 Å². The number of carbonyl (C=O) groups is 2. The first-order chi connectivity index (χ1) is 12.0. The molecule has 1 aliphatic heterocycles. The van der Waals surface area contributed by atoms with Crippen molar-refractivity contribution in [3.8, 4) is 0 Å². The summed E-state index contributed by atoms with van der Waals surface area (Å²) >= 11 is 0. The third kappa shape index (κ3) is 3.01. The van der Waals surface area contributed by atoms with E-state index >= 15 is 0 Å². The molecule has 25 heavy (non-hydrogen) atoms. The van der Waals surface area contributed by atoms with E-state index in [4.69, 9.17) is 9.47 Å². The summed E-state index contributed by atoms with van der Waals surface area (Å²) in [7, 11) is 3.23. The molecule has 1 aliphatic rings.